The van der Waals surface area contributed by atoms with Gasteiger partial charge in [-0.25, -0.2) is 4.79 Å². The predicted octanol–water partition coefficient (Wildman–Crippen LogP) is 3.16. The number of rotatable bonds is 6. The molecule has 2 aromatic heterocycles. The Bertz CT molecular complexity index is 974. The van der Waals surface area contributed by atoms with Crippen LogP contribution in [0.4, 0.5) is 5.69 Å². The molecule has 0 unspecified atom stereocenters. The van der Waals surface area contributed by atoms with E-state index in [-0.39, 0.29) is 12.5 Å². The summed E-state index contributed by atoms with van der Waals surface area (Å²) in [5.41, 5.74) is 0.347. The van der Waals surface area contributed by atoms with Crippen molar-refractivity contribution in [3.05, 3.63) is 52.3 Å². The van der Waals surface area contributed by atoms with Crippen LogP contribution in [0.2, 0.25) is 0 Å². The van der Waals surface area contributed by atoms with E-state index in [0.717, 1.165) is 15.3 Å². The molecule has 27 heavy (non-hydrogen) atoms. The molecular formula is C18H19N5O2S2. The number of carbonyl (C=O) groups is 1. The average molecular weight is 402 g/mol. The highest BCUT2D eigenvalue weighted by Crippen LogP contribution is 2.37. The van der Waals surface area contributed by atoms with Crippen LogP contribution in [0.3, 0.4) is 0 Å². The summed E-state index contributed by atoms with van der Waals surface area (Å²) in [6.07, 6.45) is 4.98. The zero-order valence-corrected chi connectivity index (χ0v) is 16.2. The van der Waals surface area contributed by atoms with Crippen molar-refractivity contribution >= 4 is 34.7 Å². The van der Waals surface area contributed by atoms with Crippen molar-refractivity contribution in [1.29, 1.82) is 0 Å². The van der Waals surface area contributed by atoms with E-state index < -0.39 is 5.69 Å². The molecule has 1 aromatic carbocycles. The molecule has 0 aliphatic heterocycles. The lowest BCUT2D eigenvalue weighted by atomic mass is 10.3. The lowest BCUT2D eigenvalue weighted by molar-refractivity contribution is -0.117. The summed E-state index contributed by atoms with van der Waals surface area (Å²) in [5.74, 6) is -0.296. The zero-order chi connectivity index (χ0) is 18.6. The maximum Gasteiger partial charge on any atom is 0.369 e. The van der Waals surface area contributed by atoms with Gasteiger partial charge in [-0.3, -0.25) is 4.79 Å². The SMILES string of the molecule is O=C(Cn1nnn(-c2cccs2)c1=O)Nc1ccccc1SC1CCCC1. The van der Waals surface area contributed by atoms with Crippen LogP contribution in [-0.4, -0.2) is 30.9 Å². The first-order chi connectivity index (χ1) is 13.2. The van der Waals surface area contributed by atoms with Crippen LogP contribution in [0, 0.1) is 0 Å². The maximum absolute atomic E-state index is 12.5. The van der Waals surface area contributed by atoms with Gasteiger partial charge in [0.2, 0.25) is 5.91 Å². The fraction of sp³-hybridized carbons (Fsp3) is 0.333. The Morgan fingerprint density at radius 2 is 2.00 bits per heavy atom. The highest BCUT2D eigenvalue weighted by atomic mass is 32.2. The summed E-state index contributed by atoms with van der Waals surface area (Å²) in [7, 11) is 0. The minimum Gasteiger partial charge on any atom is -0.323 e. The van der Waals surface area contributed by atoms with Gasteiger partial charge in [0.05, 0.1) is 5.69 Å². The van der Waals surface area contributed by atoms with Gasteiger partial charge in [0, 0.05) is 10.1 Å². The Morgan fingerprint density at radius 1 is 1.19 bits per heavy atom. The van der Waals surface area contributed by atoms with Crippen molar-refractivity contribution < 1.29 is 4.79 Å². The van der Waals surface area contributed by atoms with Crippen LogP contribution in [0.1, 0.15) is 25.7 Å². The van der Waals surface area contributed by atoms with E-state index in [4.69, 9.17) is 0 Å². The van der Waals surface area contributed by atoms with E-state index in [1.807, 2.05) is 47.5 Å². The minimum atomic E-state index is -0.429. The molecule has 1 aliphatic rings. The number of tetrazole rings is 1. The van der Waals surface area contributed by atoms with E-state index in [1.54, 1.807) is 6.07 Å². The van der Waals surface area contributed by atoms with Crippen molar-refractivity contribution in [2.45, 2.75) is 42.4 Å². The summed E-state index contributed by atoms with van der Waals surface area (Å²) >= 11 is 3.20. The van der Waals surface area contributed by atoms with Crippen LogP contribution in [0.15, 0.2) is 51.5 Å². The van der Waals surface area contributed by atoms with Crippen LogP contribution in [0.25, 0.3) is 5.00 Å². The largest absolute Gasteiger partial charge is 0.369 e. The molecular weight excluding hydrogens is 382 g/mol. The smallest absolute Gasteiger partial charge is 0.323 e. The minimum absolute atomic E-state index is 0.174. The third-order valence-corrected chi connectivity index (χ3v) is 6.66. The van der Waals surface area contributed by atoms with Crippen LogP contribution in [0.5, 0.6) is 0 Å². The molecule has 1 saturated carbocycles. The van der Waals surface area contributed by atoms with Crippen molar-refractivity contribution in [3.8, 4) is 5.00 Å². The molecule has 0 atom stereocenters. The van der Waals surface area contributed by atoms with E-state index in [1.165, 1.54) is 41.7 Å². The van der Waals surface area contributed by atoms with E-state index in [9.17, 15) is 9.59 Å². The number of hydrogen-bond donors (Lipinski definition) is 1. The van der Waals surface area contributed by atoms with E-state index >= 15 is 0 Å². The number of carbonyl (C=O) groups excluding carboxylic acids is 1. The lowest BCUT2D eigenvalue weighted by Crippen LogP contribution is -2.29. The van der Waals surface area contributed by atoms with Crippen molar-refractivity contribution in [2.75, 3.05) is 5.32 Å². The maximum atomic E-state index is 12.5. The second kappa shape index (κ2) is 8.10. The molecule has 0 spiro atoms. The molecule has 1 fully saturated rings. The highest BCUT2D eigenvalue weighted by molar-refractivity contribution is 8.00. The number of aromatic nitrogens is 4. The topological polar surface area (TPSA) is 81.8 Å². The number of hydrogen-bond acceptors (Lipinski definition) is 6. The Balaban J connectivity index is 1.45. The fourth-order valence-corrected chi connectivity index (χ4v) is 5.09. The quantitative estimate of drug-likeness (QED) is 0.686. The molecule has 0 bridgehead atoms. The first-order valence-electron chi connectivity index (χ1n) is 8.83. The number of anilines is 1. The number of amides is 1. The monoisotopic (exact) mass is 401 g/mol. The molecule has 9 heteroatoms. The van der Waals surface area contributed by atoms with Crippen molar-refractivity contribution in [3.63, 3.8) is 0 Å². The predicted molar refractivity (Wildman–Crippen MR) is 107 cm³/mol. The van der Waals surface area contributed by atoms with Crippen LogP contribution in [-0.2, 0) is 11.3 Å². The summed E-state index contributed by atoms with van der Waals surface area (Å²) in [6, 6.07) is 11.4. The summed E-state index contributed by atoms with van der Waals surface area (Å²) in [6.45, 7) is -0.174. The molecule has 1 N–H and O–H groups in total. The van der Waals surface area contributed by atoms with Gasteiger partial charge in [0.15, 0.2) is 0 Å². The molecule has 4 rings (SSSR count). The average Bonchev–Trinajstić information content (AvgIpc) is 3.41. The molecule has 0 radical (unpaired) electrons. The van der Waals surface area contributed by atoms with Gasteiger partial charge in [0.1, 0.15) is 11.5 Å². The number of nitrogens with one attached hydrogen (secondary N) is 1. The molecule has 2 heterocycles. The van der Waals surface area contributed by atoms with Gasteiger partial charge in [-0.05, 0) is 52.9 Å². The lowest BCUT2D eigenvalue weighted by Gasteiger charge is -2.13. The zero-order valence-electron chi connectivity index (χ0n) is 14.6. The molecule has 3 aromatic rings. The van der Waals surface area contributed by atoms with Crippen molar-refractivity contribution in [1.82, 2.24) is 19.8 Å². The second-order valence-electron chi connectivity index (χ2n) is 6.35. The standard InChI is InChI=1S/C18H19N5O2S2/c24-16(12-22-18(25)23(21-20-22)17-10-5-11-26-17)19-14-8-3-4-9-15(14)27-13-6-1-2-7-13/h3-5,8-11,13H,1-2,6-7,12H2,(H,19,24). The molecule has 1 aliphatic carbocycles. The van der Waals surface area contributed by atoms with Gasteiger partial charge in [0.25, 0.3) is 0 Å². The Kier molecular flexibility index (Phi) is 5.40. The summed E-state index contributed by atoms with van der Waals surface area (Å²) < 4.78 is 2.27. The number of thioether (sulfide) groups is 1. The first-order valence-corrected chi connectivity index (χ1v) is 10.6. The van der Waals surface area contributed by atoms with Crippen LogP contribution >= 0.6 is 23.1 Å². The molecule has 140 valence electrons. The molecule has 1 amide bonds. The number of thiophene rings is 1. The van der Waals surface area contributed by atoms with Gasteiger partial charge >= 0.3 is 5.69 Å². The number of para-hydroxylation sites is 1. The highest BCUT2D eigenvalue weighted by Gasteiger charge is 2.19. The van der Waals surface area contributed by atoms with Gasteiger partial charge in [-0.15, -0.1) is 23.1 Å². The summed E-state index contributed by atoms with van der Waals surface area (Å²) in [5, 5.41) is 13.7. The van der Waals surface area contributed by atoms with E-state index in [2.05, 4.69) is 15.7 Å². The number of nitrogens with zero attached hydrogens (tertiary/aromatic N) is 4. The van der Waals surface area contributed by atoms with E-state index in [0.29, 0.717) is 10.3 Å². The third kappa shape index (κ3) is 4.14. The van der Waals surface area contributed by atoms with Gasteiger partial charge < -0.3 is 5.32 Å². The Hall–Kier alpha value is -2.39. The van der Waals surface area contributed by atoms with Crippen LogP contribution < -0.4 is 11.0 Å². The molecule has 0 saturated heterocycles. The first kappa shape index (κ1) is 18.0. The van der Waals surface area contributed by atoms with Gasteiger partial charge in [-0.2, -0.15) is 9.36 Å². The molecule has 7 nitrogen and oxygen atoms in total. The Morgan fingerprint density at radius 3 is 2.78 bits per heavy atom. The fourth-order valence-electron chi connectivity index (χ4n) is 3.09. The number of benzene rings is 1. The summed E-state index contributed by atoms with van der Waals surface area (Å²) in [4.78, 5) is 25.9. The van der Waals surface area contributed by atoms with Crippen molar-refractivity contribution in [2.24, 2.45) is 0 Å². The van der Waals surface area contributed by atoms with Gasteiger partial charge in [-0.1, -0.05) is 25.0 Å². The third-order valence-electron chi connectivity index (χ3n) is 4.40. The second-order valence-corrected chi connectivity index (χ2v) is 8.62. The normalized spacial score (nSPS) is 14.5. The Labute approximate surface area is 164 Å².